The van der Waals surface area contributed by atoms with Gasteiger partial charge >= 0.3 is 23.9 Å². The van der Waals surface area contributed by atoms with E-state index in [-0.39, 0.29) is 24.2 Å². The fourth-order valence-electron chi connectivity index (χ4n) is 4.32. The molecule has 0 aromatic heterocycles. The number of halogens is 6. The lowest BCUT2D eigenvalue weighted by molar-refractivity contribution is -0.374. The number of ether oxygens (including phenoxy) is 2. The van der Waals surface area contributed by atoms with Crippen LogP contribution in [0.5, 0.6) is 0 Å². The molecule has 144 valence electrons. The average molecular weight is 374 g/mol. The molecule has 0 saturated heterocycles. The fraction of sp³-hybridized carbons (Fsp3) is 0.812. The zero-order chi connectivity index (χ0) is 19.0. The molecule has 0 spiro atoms. The van der Waals surface area contributed by atoms with Crippen molar-refractivity contribution >= 4 is 5.97 Å². The van der Waals surface area contributed by atoms with Crippen LogP contribution in [-0.2, 0) is 14.3 Å². The first-order valence-corrected chi connectivity index (χ1v) is 7.97. The summed E-state index contributed by atoms with van der Waals surface area (Å²) in [5.41, 5.74) is -4.45. The summed E-state index contributed by atoms with van der Waals surface area (Å²) in [7, 11) is 0. The summed E-state index contributed by atoms with van der Waals surface area (Å²) < 4.78 is 89.1. The molecule has 9 heteroatoms. The van der Waals surface area contributed by atoms with Crippen LogP contribution in [0, 0.1) is 23.7 Å². The van der Waals surface area contributed by atoms with E-state index in [2.05, 4.69) is 11.3 Å². The fourth-order valence-corrected chi connectivity index (χ4v) is 4.32. The predicted octanol–water partition coefficient (Wildman–Crippen LogP) is 4.63. The second-order valence-electron chi connectivity index (χ2n) is 6.87. The van der Waals surface area contributed by atoms with Crippen molar-refractivity contribution in [3.63, 3.8) is 0 Å². The van der Waals surface area contributed by atoms with Crippen LogP contribution in [0.2, 0.25) is 0 Å². The van der Waals surface area contributed by atoms with Crippen molar-refractivity contribution in [2.24, 2.45) is 23.7 Å². The molecular formula is C16H20F6O3. The van der Waals surface area contributed by atoms with Crippen LogP contribution in [0.15, 0.2) is 12.8 Å². The van der Waals surface area contributed by atoms with E-state index in [1.54, 1.807) is 0 Å². The van der Waals surface area contributed by atoms with Crippen molar-refractivity contribution in [2.45, 2.75) is 50.6 Å². The molecule has 2 saturated carbocycles. The van der Waals surface area contributed by atoms with Gasteiger partial charge in [0.1, 0.15) is 0 Å². The highest BCUT2D eigenvalue weighted by atomic mass is 19.4. The molecule has 4 atom stereocenters. The average Bonchev–Trinajstić information content (AvgIpc) is 3.00. The van der Waals surface area contributed by atoms with Crippen molar-refractivity contribution < 1.29 is 40.6 Å². The Balaban J connectivity index is 2.19. The van der Waals surface area contributed by atoms with Crippen LogP contribution in [0.25, 0.3) is 0 Å². The highest BCUT2D eigenvalue weighted by molar-refractivity contribution is 5.66. The highest BCUT2D eigenvalue weighted by Gasteiger charge is 2.74. The number of hydrogen-bond donors (Lipinski definition) is 0. The van der Waals surface area contributed by atoms with E-state index in [1.165, 1.54) is 6.26 Å². The van der Waals surface area contributed by atoms with E-state index in [0.29, 0.717) is 26.4 Å². The van der Waals surface area contributed by atoms with Crippen molar-refractivity contribution in [3.8, 4) is 0 Å². The monoisotopic (exact) mass is 374 g/mol. The Morgan fingerprint density at radius 1 is 1.04 bits per heavy atom. The first kappa shape index (κ1) is 19.9. The van der Waals surface area contributed by atoms with E-state index in [9.17, 15) is 31.1 Å². The molecule has 2 fully saturated rings. The Kier molecular flexibility index (Phi) is 5.35. The first-order valence-electron chi connectivity index (χ1n) is 7.97. The third-order valence-electron chi connectivity index (χ3n) is 5.36. The standard InChI is InChI=1S/C16H20F6O3/c1-3-24-8-13-6-10-4-11(13)5-12(10)7-14(15(17,18)19,16(20,21)22)25-9(2)23/h3,10-13H,1,4-8H2,2H3. The SMILES string of the molecule is C=COCC1CC2CC1CC2CC(OC(C)=O)(C(F)(F)F)C(F)(F)F. The molecule has 2 bridgehead atoms. The van der Waals surface area contributed by atoms with Gasteiger partial charge in [0.25, 0.3) is 0 Å². The minimum absolute atomic E-state index is 0.0199. The van der Waals surface area contributed by atoms with Gasteiger partial charge in [-0.1, -0.05) is 6.58 Å². The molecule has 0 aromatic rings. The normalized spacial score (nSPS) is 29.6. The first-order chi connectivity index (χ1) is 11.4. The van der Waals surface area contributed by atoms with Crippen LogP contribution in [0.1, 0.15) is 32.6 Å². The molecule has 2 rings (SSSR count). The van der Waals surface area contributed by atoms with Crippen LogP contribution in [-0.4, -0.2) is 30.5 Å². The van der Waals surface area contributed by atoms with Crippen LogP contribution < -0.4 is 0 Å². The number of rotatable bonds is 6. The Labute approximate surface area is 141 Å². The third-order valence-corrected chi connectivity index (χ3v) is 5.36. The molecule has 0 aliphatic heterocycles. The summed E-state index contributed by atoms with van der Waals surface area (Å²) in [6.45, 7) is 4.33. The highest BCUT2D eigenvalue weighted by Crippen LogP contribution is 2.58. The second kappa shape index (κ2) is 6.72. The van der Waals surface area contributed by atoms with Crippen molar-refractivity contribution in [1.82, 2.24) is 0 Å². The summed E-state index contributed by atoms with van der Waals surface area (Å²) >= 11 is 0. The number of esters is 1. The van der Waals surface area contributed by atoms with Gasteiger partial charge in [-0.25, -0.2) is 0 Å². The maximum absolute atomic E-state index is 13.3. The van der Waals surface area contributed by atoms with Crippen molar-refractivity contribution in [3.05, 3.63) is 12.8 Å². The van der Waals surface area contributed by atoms with Crippen LogP contribution in [0.4, 0.5) is 26.3 Å². The molecule has 0 heterocycles. The van der Waals surface area contributed by atoms with E-state index < -0.39 is 36.3 Å². The molecule has 0 N–H and O–H groups in total. The number of fused-ring (bicyclic) bond motifs is 2. The maximum atomic E-state index is 13.3. The zero-order valence-corrected chi connectivity index (χ0v) is 13.6. The van der Waals surface area contributed by atoms with Gasteiger partial charge in [-0.15, -0.1) is 0 Å². The van der Waals surface area contributed by atoms with Gasteiger partial charge in [0.05, 0.1) is 12.9 Å². The summed E-state index contributed by atoms with van der Waals surface area (Å²) in [5, 5.41) is 0. The number of carbonyl (C=O) groups excluding carboxylic acids is 1. The topological polar surface area (TPSA) is 35.5 Å². The molecule has 4 unspecified atom stereocenters. The molecule has 2 aliphatic rings. The van der Waals surface area contributed by atoms with Crippen LogP contribution in [0.3, 0.4) is 0 Å². The van der Waals surface area contributed by atoms with Gasteiger partial charge in [-0.05, 0) is 42.9 Å². The molecule has 3 nitrogen and oxygen atoms in total. The minimum Gasteiger partial charge on any atom is -0.502 e. The van der Waals surface area contributed by atoms with Gasteiger partial charge in [-0.2, -0.15) is 26.3 Å². The minimum atomic E-state index is -5.73. The summed E-state index contributed by atoms with van der Waals surface area (Å²) in [6.07, 6.45) is -10.2. The lowest BCUT2D eigenvalue weighted by atomic mass is 9.76. The van der Waals surface area contributed by atoms with Gasteiger partial charge in [0.2, 0.25) is 0 Å². The van der Waals surface area contributed by atoms with Gasteiger partial charge in [-0.3, -0.25) is 4.79 Å². The Hall–Kier alpha value is -1.41. The maximum Gasteiger partial charge on any atom is 0.437 e. The molecule has 2 aliphatic carbocycles. The Bertz CT molecular complexity index is 499. The summed E-state index contributed by atoms with van der Waals surface area (Å²) in [4.78, 5) is 11.0. The largest absolute Gasteiger partial charge is 0.502 e. The quantitative estimate of drug-likeness (QED) is 0.386. The molecule has 25 heavy (non-hydrogen) atoms. The van der Waals surface area contributed by atoms with E-state index in [0.717, 1.165) is 0 Å². The number of alkyl halides is 6. The van der Waals surface area contributed by atoms with E-state index in [4.69, 9.17) is 4.74 Å². The Morgan fingerprint density at radius 3 is 1.96 bits per heavy atom. The zero-order valence-electron chi connectivity index (χ0n) is 13.6. The van der Waals surface area contributed by atoms with Gasteiger partial charge in [0.15, 0.2) is 0 Å². The molecule has 0 aromatic carbocycles. The molecular weight excluding hydrogens is 354 g/mol. The van der Waals surface area contributed by atoms with Crippen LogP contribution >= 0.6 is 0 Å². The second-order valence-corrected chi connectivity index (χ2v) is 6.87. The summed E-state index contributed by atoms with van der Waals surface area (Å²) in [5.74, 6) is -2.53. The molecule has 0 radical (unpaired) electrons. The smallest absolute Gasteiger partial charge is 0.437 e. The predicted molar refractivity (Wildman–Crippen MR) is 75.2 cm³/mol. The molecule has 0 amide bonds. The number of hydrogen-bond acceptors (Lipinski definition) is 3. The van der Waals surface area contributed by atoms with Gasteiger partial charge < -0.3 is 9.47 Å². The van der Waals surface area contributed by atoms with Crippen molar-refractivity contribution in [1.29, 1.82) is 0 Å². The third kappa shape index (κ3) is 3.74. The lowest BCUT2D eigenvalue weighted by Gasteiger charge is -2.40. The van der Waals surface area contributed by atoms with E-state index >= 15 is 0 Å². The van der Waals surface area contributed by atoms with Crippen molar-refractivity contribution in [2.75, 3.05) is 6.61 Å². The summed E-state index contributed by atoms with van der Waals surface area (Å²) in [6, 6.07) is 0. The lowest BCUT2D eigenvalue weighted by Crippen LogP contribution is -2.60. The van der Waals surface area contributed by atoms with E-state index in [1.807, 2.05) is 0 Å². The van der Waals surface area contributed by atoms with Gasteiger partial charge in [0, 0.05) is 13.3 Å². The number of carbonyl (C=O) groups is 1. The Morgan fingerprint density at radius 2 is 1.56 bits per heavy atom.